The molecule has 0 amide bonds. The Morgan fingerprint density at radius 2 is 2.38 bits per heavy atom. The Kier molecular flexibility index (Phi) is 2.61. The van der Waals surface area contributed by atoms with E-state index < -0.39 is 5.97 Å². The number of hydrogen-bond donors (Lipinski definition) is 1. The van der Waals surface area contributed by atoms with Crippen LogP contribution in [0.3, 0.4) is 0 Å². The van der Waals surface area contributed by atoms with E-state index in [1.54, 1.807) is 17.8 Å². The van der Waals surface area contributed by atoms with Crippen LogP contribution in [0.5, 0.6) is 0 Å². The fourth-order valence-electron chi connectivity index (χ4n) is 1.32. The summed E-state index contributed by atoms with van der Waals surface area (Å²) in [4.78, 5) is 15.4. The van der Waals surface area contributed by atoms with Crippen LogP contribution in [0.4, 0.5) is 5.13 Å². The van der Waals surface area contributed by atoms with Crippen molar-refractivity contribution >= 4 is 22.4 Å². The summed E-state index contributed by atoms with van der Waals surface area (Å²) < 4.78 is 6.16. The van der Waals surface area contributed by atoms with Gasteiger partial charge in [-0.05, 0) is 0 Å². The van der Waals surface area contributed by atoms with Gasteiger partial charge < -0.3 is 10.5 Å². The maximum atomic E-state index is 11.3. The van der Waals surface area contributed by atoms with Crippen LogP contribution in [0.25, 0.3) is 11.4 Å². The van der Waals surface area contributed by atoms with Crippen LogP contribution in [0.1, 0.15) is 10.5 Å². The summed E-state index contributed by atoms with van der Waals surface area (Å²) in [6.45, 7) is 0. The molecule has 2 rings (SSSR count). The first-order valence-corrected chi connectivity index (χ1v) is 5.33. The van der Waals surface area contributed by atoms with E-state index in [0.29, 0.717) is 10.8 Å². The summed E-state index contributed by atoms with van der Waals surface area (Å²) in [6, 6.07) is 1.63. The Morgan fingerprint density at radius 1 is 1.62 bits per heavy atom. The van der Waals surface area contributed by atoms with Crippen molar-refractivity contribution in [1.29, 1.82) is 0 Å². The fourth-order valence-corrected chi connectivity index (χ4v) is 1.87. The number of rotatable bonds is 2. The minimum atomic E-state index is -0.468. The molecular weight excluding hydrogens is 228 g/mol. The lowest BCUT2D eigenvalue weighted by molar-refractivity contribution is 0.0593. The summed E-state index contributed by atoms with van der Waals surface area (Å²) >= 11 is 1.34. The molecule has 0 aliphatic carbocycles. The second kappa shape index (κ2) is 3.93. The van der Waals surface area contributed by atoms with Gasteiger partial charge in [-0.15, -0.1) is 11.3 Å². The Bertz CT molecular complexity index is 531. The molecule has 0 fully saturated rings. The lowest BCUT2D eigenvalue weighted by Gasteiger charge is -1.94. The fraction of sp³-hybridized carbons (Fsp3) is 0.222. The van der Waals surface area contributed by atoms with E-state index in [1.807, 2.05) is 5.38 Å². The van der Waals surface area contributed by atoms with Crippen LogP contribution in [0.2, 0.25) is 0 Å². The summed E-state index contributed by atoms with van der Waals surface area (Å²) in [5, 5.41) is 6.33. The topological polar surface area (TPSA) is 83.0 Å². The summed E-state index contributed by atoms with van der Waals surface area (Å²) in [5.74, 6) is -0.468. The van der Waals surface area contributed by atoms with Gasteiger partial charge in [-0.3, -0.25) is 4.68 Å². The van der Waals surface area contributed by atoms with Gasteiger partial charge >= 0.3 is 5.97 Å². The first kappa shape index (κ1) is 10.6. The number of hydrogen-bond acceptors (Lipinski definition) is 6. The van der Waals surface area contributed by atoms with E-state index in [9.17, 15) is 4.79 Å². The average Bonchev–Trinajstić information content (AvgIpc) is 2.83. The summed E-state index contributed by atoms with van der Waals surface area (Å²) in [6.07, 6.45) is 0. The van der Waals surface area contributed by atoms with Crippen molar-refractivity contribution in [2.45, 2.75) is 0 Å². The molecule has 0 spiro atoms. The standard InChI is InChI=1S/C9H10N4O2S/c1-13-7(6-4-16-9(10)11-6)3-5(12-13)8(14)15-2/h3-4H,1-2H3,(H2,10,11). The molecule has 0 saturated carbocycles. The molecule has 0 bridgehead atoms. The Labute approximate surface area is 95.7 Å². The number of aryl methyl sites for hydroxylation is 1. The van der Waals surface area contributed by atoms with Crippen molar-refractivity contribution in [1.82, 2.24) is 14.8 Å². The van der Waals surface area contributed by atoms with Crippen molar-refractivity contribution in [3.8, 4) is 11.4 Å². The van der Waals surface area contributed by atoms with Crippen molar-refractivity contribution in [3.05, 3.63) is 17.1 Å². The predicted molar refractivity (Wildman–Crippen MR) is 60.1 cm³/mol. The average molecular weight is 238 g/mol. The molecule has 2 N–H and O–H groups in total. The number of aromatic nitrogens is 3. The molecule has 84 valence electrons. The number of carbonyl (C=O) groups is 1. The zero-order valence-corrected chi connectivity index (χ0v) is 9.61. The first-order valence-electron chi connectivity index (χ1n) is 4.45. The normalized spacial score (nSPS) is 10.4. The Hall–Kier alpha value is -1.89. The highest BCUT2D eigenvalue weighted by atomic mass is 32.1. The minimum absolute atomic E-state index is 0.256. The van der Waals surface area contributed by atoms with Crippen molar-refractivity contribution in [3.63, 3.8) is 0 Å². The number of esters is 1. The molecular formula is C9H10N4O2S. The van der Waals surface area contributed by atoms with Crippen molar-refractivity contribution < 1.29 is 9.53 Å². The Morgan fingerprint density at radius 3 is 2.94 bits per heavy atom. The van der Waals surface area contributed by atoms with Crippen molar-refractivity contribution in [2.75, 3.05) is 12.8 Å². The highest BCUT2D eigenvalue weighted by Gasteiger charge is 2.15. The molecule has 0 unspecified atom stereocenters. The number of anilines is 1. The van der Waals surface area contributed by atoms with Gasteiger partial charge in [0.1, 0.15) is 5.69 Å². The molecule has 2 heterocycles. The van der Waals surface area contributed by atoms with Crippen LogP contribution < -0.4 is 5.73 Å². The predicted octanol–water partition coefficient (Wildman–Crippen LogP) is 0.912. The molecule has 2 aromatic rings. The van der Waals surface area contributed by atoms with E-state index in [-0.39, 0.29) is 5.69 Å². The molecule has 0 aromatic carbocycles. The van der Waals surface area contributed by atoms with E-state index in [0.717, 1.165) is 5.69 Å². The van der Waals surface area contributed by atoms with Crippen LogP contribution in [0.15, 0.2) is 11.4 Å². The first-order chi connectivity index (χ1) is 7.61. The highest BCUT2D eigenvalue weighted by molar-refractivity contribution is 7.13. The largest absolute Gasteiger partial charge is 0.464 e. The van der Waals surface area contributed by atoms with Gasteiger partial charge in [-0.1, -0.05) is 0 Å². The van der Waals surface area contributed by atoms with Crippen LogP contribution in [-0.2, 0) is 11.8 Å². The Balaban J connectivity index is 2.43. The molecule has 0 radical (unpaired) electrons. The number of nitrogen functional groups attached to an aromatic ring is 1. The summed E-state index contributed by atoms with van der Waals surface area (Å²) in [7, 11) is 3.05. The van der Waals surface area contributed by atoms with Gasteiger partial charge in [0.25, 0.3) is 0 Å². The number of nitrogens with two attached hydrogens (primary N) is 1. The molecule has 0 saturated heterocycles. The molecule has 7 heteroatoms. The molecule has 6 nitrogen and oxygen atoms in total. The van der Waals surface area contributed by atoms with E-state index >= 15 is 0 Å². The van der Waals surface area contributed by atoms with Gasteiger partial charge in [0.15, 0.2) is 10.8 Å². The molecule has 0 aliphatic rings. The number of methoxy groups -OCH3 is 1. The highest BCUT2D eigenvalue weighted by Crippen LogP contribution is 2.23. The maximum Gasteiger partial charge on any atom is 0.358 e. The third kappa shape index (κ3) is 1.76. The second-order valence-corrected chi connectivity index (χ2v) is 3.99. The van der Waals surface area contributed by atoms with E-state index in [1.165, 1.54) is 18.4 Å². The zero-order valence-electron chi connectivity index (χ0n) is 8.80. The second-order valence-electron chi connectivity index (χ2n) is 3.10. The van der Waals surface area contributed by atoms with Gasteiger partial charge in [-0.2, -0.15) is 5.10 Å². The van der Waals surface area contributed by atoms with Crippen molar-refractivity contribution in [2.24, 2.45) is 7.05 Å². The summed E-state index contributed by atoms with van der Waals surface area (Å²) in [5.41, 5.74) is 7.23. The SMILES string of the molecule is COC(=O)c1cc(-c2csc(N)n2)n(C)n1. The third-order valence-electron chi connectivity index (χ3n) is 2.06. The quantitative estimate of drug-likeness (QED) is 0.786. The number of ether oxygens (including phenoxy) is 1. The molecule has 0 aliphatic heterocycles. The van der Waals surface area contributed by atoms with Gasteiger partial charge in [0.05, 0.1) is 12.8 Å². The van der Waals surface area contributed by atoms with Crippen LogP contribution in [-0.4, -0.2) is 27.8 Å². The van der Waals surface area contributed by atoms with Gasteiger partial charge in [0.2, 0.25) is 0 Å². The molecule has 0 atom stereocenters. The maximum absolute atomic E-state index is 11.3. The molecule has 2 aromatic heterocycles. The van der Waals surface area contributed by atoms with Gasteiger partial charge in [-0.25, -0.2) is 9.78 Å². The minimum Gasteiger partial charge on any atom is -0.464 e. The lowest BCUT2D eigenvalue weighted by Crippen LogP contribution is -2.02. The number of nitrogens with zero attached hydrogens (tertiary/aromatic N) is 3. The van der Waals surface area contributed by atoms with Crippen LogP contribution >= 0.6 is 11.3 Å². The number of thiazole rings is 1. The molecule has 16 heavy (non-hydrogen) atoms. The smallest absolute Gasteiger partial charge is 0.358 e. The lowest BCUT2D eigenvalue weighted by atomic mass is 10.3. The zero-order chi connectivity index (χ0) is 11.7. The monoisotopic (exact) mass is 238 g/mol. The van der Waals surface area contributed by atoms with Gasteiger partial charge in [0, 0.05) is 18.5 Å². The van der Waals surface area contributed by atoms with E-state index in [4.69, 9.17) is 5.73 Å². The number of carbonyl (C=O) groups excluding carboxylic acids is 1. The van der Waals surface area contributed by atoms with Crippen LogP contribution in [0, 0.1) is 0 Å². The van der Waals surface area contributed by atoms with E-state index in [2.05, 4.69) is 14.8 Å². The third-order valence-corrected chi connectivity index (χ3v) is 2.73.